The van der Waals surface area contributed by atoms with Crippen LogP contribution < -0.4 is 10.1 Å². The molecule has 1 atom stereocenters. The van der Waals surface area contributed by atoms with Gasteiger partial charge in [0.2, 0.25) is 5.91 Å². The first-order chi connectivity index (χ1) is 14.0. The third-order valence-electron chi connectivity index (χ3n) is 4.74. The summed E-state index contributed by atoms with van der Waals surface area (Å²) < 4.78 is 33.4. The SMILES string of the molecule is COc1ccc(F)cc1CNC(=O)CCC(C)n1cc(-c2ccc(F)cc2)cn1. The molecule has 0 aliphatic carbocycles. The topological polar surface area (TPSA) is 56.1 Å². The Kier molecular flexibility index (Phi) is 6.59. The Bertz CT molecular complexity index is 970. The summed E-state index contributed by atoms with van der Waals surface area (Å²) in [4.78, 5) is 12.2. The maximum atomic E-state index is 13.4. The van der Waals surface area contributed by atoms with Crippen LogP contribution in [0.15, 0.2) is 54.9 Å². The Hall–Kier alpha value is -3.22. The normalized spacial score (nSPS) is 11.9. The summed E-state index contributed by atoms with van der Waals surface area (Å²) in [6, 6.07) is 10.4. The van der Waals surface area contributed by atoms with E-state index in [1.54, 1.807) is 23.0 Å². The monoisotopic (exact) mass is 399 g/mol. The fraction of sp³-hybridized carbons (Fsp3) is 0.273. The van der Waals surface area contributed by atoms with E-state index in [1.807, 2.05) is 13.1 Å². The lowest BCUT2D eigenvalue weighted by Crippen LogP contribution is -2.23. The molecule has 1 unspecified atom stereocenters. The van der Waals surface area contributed by atoms with E-state index in [1.165, 1.54) is 37.4 Å². The smallest absolute Gasteiger partial charge is 0.220 e. The van der Waals surface area contributed by atoms with Crippen molar-refractivity contribution >= 4 is 5.91 Å². The molecular formula is C22H23F2N3O2. The van der Waals surface area contributed by atoms with Crippen molar-refractivity contribution in [2.24, 2.45) is 0 Å². The van der Waals surface area contributed by atoms with Gasteiger partial charge in [0.05, 0.1) is 13.3 Å². The molecule has 1 N–H and O–H groups in total. The number of halogens is 2. The largest absolute Gasteiger partial charge is 0.496 e. The Morgan fingerprint density at radius 3 is 2.59 bits per heavy atom. The molecule has 0 aliphatic rings. The molecule has 0 saturated carbocycles. The number of ether oxygens (including phenoxy) is 1. The molecule has 5 nitrogen and oxygen atoms in total. The summed E-state index contributed by atoms with van der Waals surface area (Å²) in [6.07, 6.45) is 4.51. The van der Waals surface area contributed by atoms with Crippen LogP contribution in [0.5, 0.6) is 5.75 Å². The minimum atomic E-state index is -0.376. The van der Waals surface area contributed by atoms with Crippen molar-refractivity contribution in [2.45, 2.75) is 32.4 Å². The van der Waals surface area contributed by atoms with Gasteiger partial charge < -0.3 is 10.1 Å². The highest BCUT2D eigenvalue weighted by Gasteiger charge is 2.12. The average Bonchev–Trinajstić information content (AvgIpc) is 3.21. The van der Waals surface area contributed by atoms with Crippen LogP contribution in [0.25, 0.3) is 11.1 Å². The molecule has 152 valence electrons. The van der Waals surface area contributed by atoms with Gasteiger partial charge in [-0.15, -0.1) is 0 Å². The first-order valence-electron chi connectivity index (χ1n) is 9.35. The van der Waals surface area contributed by atoms with Gasteiger partial charge in [0.15, 0.2) is 0 Å². The fourth-order valence-electron chi connectivity index (χ4n) is 3.01. The van der Waals surface area contributed by atoms with E-state index in [-0.39, 0.29) is 30.1 Å². The number of carbonyl (C=O) groups excluding carboxylic acids is 1. The van der Waals surface area contributed by atoms with Gasteiger partial charge in [0.25, 0.3) is 0 Å². The number of hydrogen-bond acceptors (Lipinski definition) is 3. The number of amides is 1. The molecule has 0 aliphatic heterocycles. The van der Waals surface area contributed by atoms with E-state index in [4.69, 9.17) is 4.74 Å². The van der Waals surface area contributed by atoms with Crippen LogP contribution >= 0.6 is 0 Å². The molecular weight excluding hydrogens is 376 g/mol. The molecule has 7 heteroatoms. The molecule has 0 saturated heterocycles. The van der Waals surface area contributed by atoms with Crippen molar-refractivity contribution in [3.63, 3.8) is 0 Å². The number of benzene rings is 2. The maximum absolute atomic E-state index is 13.4. The van der Waals surface area contributed by atoms with Crippen molar-refractivity contribution < 1.29 is 18.3 Å². The minimum absolute atomic E-state index is 0.0126. The van der Waals surface area contributed by atoms with E-state index in [0.29, 0.717) is 24.2 Å². The number of rotatable bonds is 8. The second kappa shape index (κ2) is 9.32. The van der Waals surface area contributed by atoms with Crippen molar-refractivity contribution in [3.8, 4) is 16.9 Å². The minimum Gasteiger partial charge on any atom is -0.496 e. The first kappa shape index (κ1) is 20.5. The lowest BCUT2D eigenvalue weighted by molar-refractivity contribution is -0.121. The Morgan fingerprint density at radius 1 is 1.14 bits per heavy atom. The summed E-state index contributed by atoms with van der Waals surface area (Å²) >= 11 is 0. The van der Waals surface area contributed by atoms with Crippen molar-refractivity contribution in [1.29, 1.82) is 0 Å². The zero-order chi connectivity index (χ0) is 20.8. The summed E-state index contributed by atoms with van der Waals surface area (Å²) in [5.74, 6) is -0.255. The lowest BCUT2D eigenvalue weighted by Gasteiger charge is -2.13. The lowest BCUT2D eigenvalue weighted by atomic mass is 10.1. The Morgan fingerprint density at radius 2 is 1.86 bits per heavy atom. The van der Waals surface area contributed by atoms with E-state index < -0.39 is 0 Å². The summed E-state index contributed by atoms with van der Waals surface area (Å²) in [6.45, 7) is 2.18. The second-order valence-corrected chi connectivity index (χ2v) is 6.84. The number of carbonyl (C=O) groups is 1. The van der Waals surface area contributed by atoms with E-state index in [9.17, 15) is 13.6 Å². The van der Waals surface area contributed by atoms with Crippen LogP contribution in [0.4, 0.5) is 8.78 Å². The van der Waals surface area contributed by atoms with Crippen LogP contribution in [0, 0.1) is 11.6 Å². The number of hydrogen-bond donors (Lipinski definition) is 1. The number of nitrogens with zero attached hydrogens (tertiary/aromatic N) is 2. The highest BCUT2D eigenvalue weighted by molar-refractivity contribution is 5.76. The molecule has 29 heavy (non-hydrogen) atoms. The number of aromatic nitrogens is 2. The first-order valence-corrected chi connectivity index (χ1v) is 9.35. The maximum Gasteiger partial charge on any atom is 0.220 e. The van der Waals surface area contributed by atoms with Gasteiger partial charge in [-0.3, -0.25) is 9.48 Å². The van der Waals surface area contributed by atoms with Crippen molar-refractivity contribution in [1.82, 2.24) is 15.1 Å². The molecule has 3 aromatic rings. The van der Waals surface area contributed by atoms with E-state index in [2.05, 4.69) is 10.4 Å². The molecule has 0 spiro atoms. The van der Waals surface area contributed by atoms with Gasteiger partial charge in [-0.25, -0.2) is 8.78 Å². The molecule has 0 bridgehead atoms. The highest BCUT2D eigenvalue weighted by Crippen LogP contribution is 2.22. The van der Waals surface area contributed by atoms with Crippen LogP contribution in [0.1, 0.15) is 31.4 Å². The molecule has 3 rings (SSSR count). The zero-order valence-corrected chi connectivity index (χ0v) is 16.4. The summed E-state index contributed by atoms with van der Waals surface area (Å²) in [5, 5.41) is 7.15. The van der Waals surface area contributed by atoms with Crippen molar-refractivity contribution in [2.75, 3.05) is 7.11 Å². The fourth-order valence-corrected chi connectivity index (χ4v) is 3.01. The molecule has 2 aromatic carbocycles. The Labute approximate surface area is 168 Å². The van der Waals surface area contributed by atoms with Crippen LogP contribution in [0.3, 0.4) is 0 Å². The predicted octanol–water partition coefficient (Wildman–Crippen LogP) is 4.49. The van der Waals surface area contributed by atoms with Crippen LogP contribution in [0.2, 0.25) is 0 Å². The third kappa shape index (κ3) is 5.40. The number of nitrogens with one attached hydrogen (secondary N) is 1. The number of methoxy groups -OCH3 is 1. The summed E-state index contributed by atoms with van der Waals surface area (Å²) in [5.41, 5.74) is 2.36. The third-order valence-corrected chi connectivity index (χ3v) is 4.74. The Balaban J connectivity index is 1.51. The molecule has 1 heterocycles. The van der Waals surface area contributed by atoms with Gasteiger partial charge in [0.1, 0.15) is 17.4 Å². The molecule has 1 amide bonds. The molecule has 1 aromatic heterocycles. The van der Waals surface area contributed by atoms with Gasteiger partial charge in [0, 0.05) is 36.3 Å². The van der Waals surface area contributed by atoms with E-state index in [0.717, 1.165) is 11.1 Å². The highest BCUT2D eigenvalue weighted by atomic mass is 19.1. The van der Waals surface area contributed by atoms with Gasteiger partial charge in [-0.1, -0.05) is 12.1 Å². The van der Waals surface area contributed by atoms with Crippen LogP contribution in [-0.4, -0.2) is 22.8 Å². The second-order valence-electron chi connectivity index (χ2n) is 6.84. The van der Waals surface area contributed by atoms with Gasteiger partial charge >= 0.3 is 0 Å². The predicted molar refractivity (Wildman–Crippen MR) is 106 cm³/mol. The summed E-state index contributed by atoms with van der Waals surface area (Å²) in [7, 11) is 1.50. The van der Waals surface area contributed by atoms with Gasteiger partial charge in [-0.2, -0.15) is 5.10 Å². The quantitative estimate of drug-likeness (QED) is 0.607. The molecule has 0 radical (unpaired) electrons. The van der Waals surface area contributed by atoms with Crippen LogP contribution in [-0.2, 0) is 11.3 Å². The van der Waals surface area contributed by atoms with E-state index >= 15 is 0 Å². The molecule has 0 fully saturated rings. The standard InChI is InChI=1S/C22H23F2N3O2/c1-15(27-14-18(13-26-27)16-4-6-19(23)7-5-16)3-10-22(28)25-12-17-11-20(24)8-9-21(17)29-2/h4-9,11,13-15H,3,10,12H2,1-2H3,(H,25,28). The average molecular weight is 399 g/mol. The van der Waals surface area contributed by atoms with Crippen molar-refractivity contribution in [3.05, 3.63) is 72.1 Å². The zero-order valence-electron chi connectivity index (χ0n) is 16.4. The van der Waals surface area contributed by atoms with Gasteiger partial charge in [-0.05, 0) is 49.2 Å².